The van der Waals surface area contributed by atoms with E-state index in [-0.39, 0.29) is 0 Å². The van der Waals surface area contributed by atoms with Gasteiger partial charge in [0.05, 0.1) is 12.6 Å². The molecule has 0 spiro atoms. The molecular weight excluding hydrogens is 190 g/mol. The van der Waals surface area contributed by atoms with Crippen molar-refractivity contribution >= 4 is 5.96 Å². The van der Waals surface area contributed by atoms with Crippen LogP contribution in [0.4, 0.5) is 0 Å². The number of nitrogens with two attached hydrogens (primary N) is 1. The highest BCUT2D eigenvalue weighted by Crippen LogP contribution is 2.23. The minimum absolute atomic E-state index is 0.433. The van der Waals surface area contributed by atoms with E-state index in [2.05, 4.69) is 23.7 Å². The molecule has 88 valence electrons. The molecule has 4 nitrogen and oxygen atoms in total. The molecular formula is C11H23N3O. The van der Waals surface area contributed by atoms with Crippen LogP contribution in [0.2, 0.25) is 0 Å². The monoisotopic (exact) mass is 213 g/mol. The molecule has 0 aromatic heterocycles. The third kappa shape index (κ3) is 4.08. The van der Waals surface area contributed by atoms with Gasteiger partial charge in [-0.05, 0) is 26.2 Å². The maximum Gasteiger partial charge on any atom is 0.191 e. The van der Waals surface area contributed by atoms with Crippen LogP contribution in [0.15, 0.2) is 4.99 Å². The second kappa shape index (κ2) is 5.95. The van der Waals surface area contributed by atoms with Gasteiger partial charge in [-0.1, -0.05) is 6.92 Å². The van der Waals surface area contributed by atoms with Gasteiger partial charge in [-0.2, -0.15) is 0 Å². The van der Waals surface area contributed by atoms with Crippen molar-refractivity contribution in [3.8, 4) is 0 Å². The van der Waals surface area contributed by atoms with E-state index < -0.39 is 0 Å². The molecule has 1 rings (SSSR count). The fourth-order valence-corrected chi connectivity index (χ4v) is 1.44. The van der Waals surface area contributed by atoms with E-state index in [9.17, 15) is 0 Å². The molecule has 0 aliphatic heterocycles. The largest absolute Gasteiger partial charge is 0.383 e. The Morgan fingerprint density at radius 1 is 1.60 bits per heavy atom. The lowest BCUT2D eigenvalue weighted by atomic mass is 10.2. The standard InChI is InChI=1S/C11H23N3O/c1-4-9(2)14(7-8-15-3)11(12)13-10-5-6-10/h9-10H,4-8H2,1-3H3,(H2,12,13). The van der Waals surface area contributed by atoms with Crippen molar-refractivity contribution in [3.05, 3.63) is 0 Å². The Hall–Kier alpha value is -0.770. The van der Waals surface area contributed by atoms with Crippen molar-refractivity contribution < 1.29 is 4.74 Å². The summed E-state index contributed by atoms with van der Waals surface area (Å²) in [5.41, 5.74) is 6.00. The highest BCUT2D eigenvalue weighted by molar-refractivity contribution is 5.78. The van der Waals surface area contributed by atoms with E-state index in [4.69, 9.17) is 10.5 Å². The predicted molar refractivity (Wildman–Crippen MR) is 63.0 cm³/mol. The summed E-state index contributed by atoms with van der Waals surface area (Å²) in [6.45, 7) is 5.86. The number of rotatable bonds is 6. The van der Waals surface area contributed by atoms with Crippen LogP contribution in [0, 0.1) is 0 Å². The minimum atomic E-state index is 0.433. The number of guanidine groups is 1. The number of methoxy groups -OCH3 is 1. The van der Waals surface area contributed by atoms with Crippen LogP contribution >= 0.6 is 0 Å². The zero-order valence-electron chi connectivity index (χ0n) is 10.1. The predicted octanol–water partition coefficient (Wildman–Crippen LogP) is 1.21. The van der Waals surface area contributed by atoms with Crippen molar-refractivity contribution in [3.63, 3.8) is 0 Å². The first-order chi connectivity index (χ1) is 7.19. The number of ether oxygens (including phenoxy) is 1. The molecule has 1 unspecified atom stereocenters. The van der Waals surface area contributed by atoms with Gasteiger partial charge >= 0.3 is 0 Å². The van der Waals surface area contributed by atoms with Crippen molar-refractivity contribution in [2.24, 2.45) is 10.7 Å². The smallest absolute Gasteiger partial charge is 0.191 e. The third-order valence-corrected chi connectivity index (χ3v) is 2.82. The maximum atomic E-state index is 6.00. The van der Waals surface area contributed by atoms with Crippen LogP contribution < -0.4 is 5.73 Å². The van der Waals surface area contributed by atoms with Crippen LogP contribution in [-0.4, -0.2) is 43.2 Å². The summed E-state index contributed by atoms with van der Waals surface area (Å²) in [6, 6.07) is 0.918. The fourth-order valence-electron chi connectivity index (χ4n) is 1.44. The van der Waals surface area contributed by atoms with Gasteiger partial charge in [0.2, 0.25) is 0 Å². The number of hydrogen-bond donors (Lipinski definition) is 1. The number of aliphatic imine (C=N–C) groups is 1. The molecule has 0 saturated heterocycles. The summed E-state index contributed by atoms with van der Waals surface area (Å²) in [7, 11) is 1.71. The first kappa shape index (κ1) is 12.3. The third-order valence-electron chi connectivity index (χ3n) is 2.82. The molecule has 0 aromatic carbocycles. The fraction of sp³-hybridized carbons (Fsp3) is 0.909. The first-order valence-corrected chi connectivity index (χ1v) is 5.77. The summed E-state index contributed by atoms with van der Waals surface area (Å²) in [6.07, 6.45) is 3.46. The summed E-state index contributed by atoms with van der Waals surface area (Å²) in [5.74, 6) is 0.684. The Kier molecular flexibility index (Phi) is 4.88. The SMILES string of the molecule is CCC(C)N(CCOC)C(N)=NC1CC1. The Morgan fingerprint density at radius 3 is 2.73 bits per heavy atom. The molecule has 0 bridgehead atoms. The molecule has 0 heterocycles. The van der Waals surface area contributed by atoms with Crippen molar-refractivity contribution in [2.75, 3.05) is 20.3 Å². The van der Waals surface area contributed by atoms with Crippen molar-refractivity contribution in [2.45, 2.75) is 45.2 Å². The highest BCUT2D eigenvalue weighted by atomic mass is 16.5. The molecule has 1 atom stereocenters. The molecule has 15 heavy (non-hydrogen) atoms. The highest BCUT2D eigenvalue weighted by Gasteiger charge is 2.23. The van der Waals surface area contributed by atoms with Gasteiger partial charge in [-0.3, -0.25) is 0 Å². The van der Waals surface area contributed by atoms with Gasteiger partial charge in [0, 0.05) is 19.7 Å². The second-order valence-corrected chi connectivity index (χ2v) is 4.16. The molecule has 2 N–H and O–H groups in total. The maximum absolute atomic E-state index is 6.00. The van der Waals surface area contributed by atoms with Gasteiger partial charge in [0.25, 0.3) is 0 Å². The van der Waals surface area contributed by atoms with Gasteiger partial charge in [0.1, 0.15) is 0 Å². The van der Waals surface area contributed by atoms with Gasteiger partial charge in [-0.15, -0.1) is 0 Å². The Bertz CT molecular complexity index is 214. The number of hydrogen-bond acceptors (Lipinski definition) is 2. The van der Waals surface area contributed by atoms with E-state index in [1.807, 2.05) is 0 Å². The lowest BCUT2D eigenvalue weighted by molar-refractivity contribution is 0.162. The Morgan fingerprint density at radius 2 is 2.27 bits per heavy atom. The molecule has 0 amide bonds. The molecule has 1 fully saturated rings. The lowest BCUT2D eigenvalue weighted by Gasteiger charge is -2.29. The average molecular weight is 213 g/mol. The van der Waals surface area contributed by atoms with Crippen molar-refractivity contribution in [1.29, 1.82) is 0 Å². The molecule has 4 heteroatoms. The zero-order valence-corrected chi connectivity index (χ0v) is 10.1. The Balaban J connectivity index is 2.52. The molecule has 1 aliphatic rings. The Labute approximate surface area is 92.5 Å². The molecule has 0 radical (unpaired) electrons. The van der Waals surface area contributed by atoms with Gasteiger partial charge in [0.15, 0.2) is 5.96 Å². The van der Waals surface area contributed by atoms with E-state index in [1.54, 1.807) is 7.11 Å². The van der Waals surface area contributed by atoms with E-state index in [0.717, 1.165) is 13.0 Å². The topological polar surface area (TPSA) is 50.9 Å². The lowest BCUT2D eigenvalue weighted by Crippen LogP contribution is -2.45. The van der Waals surface area contributed by atoms with Crippen LogP contribution in [0.3, 0.4) is 0 Å². The van der Waals surface area contributed by atoms with E-state index in [0.29, 0.717) is 24.7 Å². The zero-order chi connectivity index (χ0) is 11.3. The van der Waals surface area contributed by atoms with Crippen LogP contribution in [0.25, 0.3) is 0 Å². The molecule has 1 aliphatic carbocycles. The second-order valence-electron chi connectivity index (χ2n) is 4.16. The van der Waals surface area contributed by atoms with E-state index >= 15 is 0 Å². The average Bonchev–Trinajstić information content (AvgIpc) is 3.01. The van der Waals surface area contributed by atoms with Crippen LogP contribution in [0.5, 0.6) is 0 Å². The number of nitrogens with zero attached hydrogens (tertiary/aromatic N) is 2. The molecule has 1 saturated carbocycles. The van der Waals surface area contributed by atoms with E-state index in [1.165, 1.54) is 12.8 Å². The summed E-state index contributed by atoms with van der Waals surface area (Å²) >= 11 is 0. The van der Waals surface area contributed by atoms with Gasteiger partial charge in [-0.25, -0.2) is 4.99 Å². The summed E-state index contributed by atoms with van der Waals surface area (Å²) in [5, 5.41) is 0. The molecule has 0 aromatic rings. The summed E-state index contributed by atoms with van der Waals surface area (Å²) < 4.78 is 5.09. The minimum Gasteiger partial charge on any atom is -0.383 e. The van der Waals surface area contributed by atoms with Gasteiger partial charge < -0.3 is 15.4 Å². The first-order valence-electron chi connectivity index (χ1n) is 5.77. The van der Waals surface area contributed by atoms with Crippen LogP contribution in [-0.2, 0) is 4.74 Å². The van der Waals surface area contributed by atoms with Crippen LogP contribution in [0.1, 0.15) is 33.1 Å². The van der Waals surface area contributed by atoms with Crippen molar-refractivity contribution in [1.82, 2.24) is 4.90 Å². The summed E-state index contributed by atoms with van der Waals surface area (Å²) in [4.78, 5) is 6.62. The quantitative estimate of drug-likeness (QED) is 0.533. The normalized spacial score (nSPS) is 19.0.